The number of amides is 1. The van der Waals surface area contributed by atoms with Crippen molar-refractivity contribution in [3.63, 3.8) is 0 Å². The summed E-state index contributed by atoms with van der Waals surface area (Å²) in [6, 6.07) is 11.1. The van der Waals surface area contributed by atoms with Crippen molar-refractivity contribution in [2.75, 3.05) is 38.2 Å². The molecule has 4 rings (SSSR count). The number of rotatable bonds is 11. The van der Waals surface area contributed by atoms with Crippen LogP contribution in [0.4, 0.5) is 5.69 Å². The Morgan fingerprint density at radius 1 is 1.20 bits per heavy atom. The van der Waals surface area contributed by atoms with Crippen LogP contribution >= 0.6 is 11.6 Å². The van der Waals surface area contributed by atoms with Gasteiger partial charge in [-0.1, -0.05) is 49.2 Å². The lowest BCUT2D eigenvalue weighted by atomic mass is 9.70. The summed E-state index contributed by atoms with van der Waals surface area (Å²) >= 11 is 6.35. The summed E-state index contributed by atoms with van der Waals surface area (Å²) in [5.41, 5.74) is 3.42. The maximum absolute atomic E-state index is 11.5. The summed E-state index contributed by atoms with van der Waals surface area (Å²) in [5, 5.41) is 31.4. The minimum Gasteiger partial charge on any atom is -0.491 e. The number of ether oxygens (including phenoxy) is 1. The minimum atomic E-state index is -1.63. The number of nitrogens with zero attached hydrogens (tertiary/aromatic N) is 2. The Bertz CT molecular complexity index is 1270. The van der Waals surface area contributed by atoms with E-state index in [1.54, 1.807) is 36.2 Å². The highest BCUT2D eigenvalue weighted by Crippen LogP contribution is 2.43. The second kappa shape index (κ2) is 13.7. The molecule has 3 N–H and O–H groups in total. The Labute approximate surface area is 247 Å². The Kier molecular flexibility index (Phi) is 10.3. The number of anilines is 1. The molecule has 1 saturated carbocycles. The highest BCUT2D eigenvalue weighted by molar-refractivity contribution is 6.30. The van der Waals surface area contributed by atoms with Crippen molar-refractivity contribution >= 4 is 29.2 Å². The molecule has 1 amide bonds. The van der Waals surface area contributed by atoms with Crippen molar-refractivity contribution in [2.24, 2.45) is 11.8 Å². The standard InChI is InChI=1S/C32H41ClN2O6/c1-4-6-21-15-25(33)10-12-26(21)24-18-35(28-16-22(31(38)32(39)40)9-13-30(28)41-19-24)17-23-8-11-27(23)29(37)7-5-14-34(3)20(2)36/h5,7,9-10,12-13,15-16,23-24,27,29,31,37-38H,4,6,8,11,14,17-19H2,1-3H3,(H,39,40)/b7-5+. The van der Waals surface area contributed by atoms with Crippen molar-refractivity contribution in [1.29, 1.82) is 0 Å². The lowest BCUT2D eigenvalue weighted by Gasteiger charge is -2.42. The molecule has 2 aromatic rings. The van der Waals surface area contributed by atoms with Gasteiger partial charge >= 0.3 is 5.97 Å². The van der Waals surface area contributed by atoms with Gasteiger partial charge < -0.3 is 29.9 Å². The van der Waals surface area contributed by atoms with E-state index in [1.165, 1.54) is 18.1 Å². The molecule has 8 nitrogen and oxygen atoms in total. The van der Waals surface area contributed by atoms with E-state index in [-0.39, 0.29) is 23.7 Å². The number of aryl methyl sites for hydroxylation is 1. The van der Waals surface area contributed by atoms with Crippen LogP contribution in [0.15, 0.2) is 48.6 Å². The van der Waals surface area contributed by atoms with Crippen LogP contribution in [0.5, 0.6) is 5.75 Å². The van der Waals surface area contributed by atoms with Crippen LogP contribution < -0.4 is 9.64 Å². The van der Waals surface area contributed by atoms with Crippen LogP contribution in [0, 0.1) is 11.8 Å². The molecule has 1 aliphatic heterocycles. The van der Waals surface area contributed by atoms with Gasteiger partial charge in [0.1, 0.15) is 5.75 Å². The highest BCUT2D eigenvalue weighted by Gasteiger charge is 2.38. The number of aliphatic carboxylic acids is 1. The molecule has 0 spiro atoms. The summed E-state index contributed by atoms with van der Waals surface area (Å²) in [6.07, 6.45) is 5.10. The fraction of sp³-hybridized carbons (Fsp3) is 0.500. The van der Waals surface area contributed by atoms with E-state index in [0.29, 0.717) is 42.6 Å². The number of hydrogen-bond acceptors (Lipinski definition) is 6. The normalized spacial score (nSPS) is 21.8. The summed E-state index contributed by atoms with van der Waals surface area (Å²) in [5.74, 6) is -0.377. The molecule has 222 valence electrons. The van der Waals surface area contributed by atoms with Gasteiger partial charge in [-0.05, 0) is 72.1 Å². The Balaban J connectivity index is 1.61. The molecule has 0 aromatic heterocycles. The van der Waals surface area contributed by atoms with Gasteiger partial charge in [-0.25, -0.2) is 4.79 Å². The SMILES string of the molecule is CCCc1cc(Cl)ccc1C1COc2ccc(C(O)C(=O)O)cc2N(CC2CCC2C(O)/C=C/CN(C)C(C)=O)C1. The first-order chi connectivity index (χ1) is 19.6. The number of carbonyl (C=O) groups is 2. The Morgan fingerprint density at radius 3 is 2.63 bits per heavy atom. The molecule has 0 saturated heterocycles. The topological polar surface area (TPSA) is 111 Å². The number of hydrogen-bond donors (Lipinski definition) is 3. The van der Waals surface area contributed by atoms with Crippen LogP contribution in [0.25, 0.3) is 0 Å². The molecular weight excluding hydrogens is 544 g/mol. The number of benzene rings is 2. The molecule has 5 unspecified atom stereocenters. The van der Waals surface area contributed by atoms with Gasteiger partial charge in [0.05, 0.1) is 18.4 Å². The third-order valence-corrected chi connectivity index (χ3v) is 8.67. The van der Waals surface area contributed by atoms with E-state index >= 15 is 0 Å². The van der Waals surface area contributed by atoms with Crippen LogP contribution in [0.1, 0.15) is 61.8 Å². The van der Waals surface area contributed by atoms with Crippen molar-refractivity contribution in [2.45, 2.75) is 57.7 Å². The second-order valence-corrected chi connectivity index (χ2v) is 11.7. The third-order valence-electron chi connectivity index (χ3n) is 8.44. The van der Waals surface area contributed by atoms with E-state index in [2.05, 4.69) is 17.9 Å². The van der Waals surface area contributed by atoms with Gasteiger partial charge in [-0.2, -0.15) is 0 Å². The minimum absolute atomic E-state index is 0.0302. The number of halogens is 1. The molecule has 0 radical (unpaired) electrons. The van der Waals surface area contributed by atoms with E-state index in [4.69, 9.17) is 16.3 Å². The average molecular weight is 585 g/mol. The number of carbonyl (C=O) groups excluding carboxylic acids is 1. The van der Waals surface area contributed by atoms with E-state index in [0.717, 1.165) is 31.4 Å². The lowest BCUT2D eigenvalue weighted by molar-refractivity contribution is -0.147. The quantitative estimate of drug-likeness (QED) is 0.325. The predicted molar refractivity (Wildman–Crippen MR) is 160 cm³/mol. The number of carboxylic acid groups (broad SMARTS) is 1. The molecule has 2 aliphatic rings. The van der Waals surface area contributed by atoms with E-state index < -0.39 is 18.2 Å². The molecule has 9 heteroatoms. The zero-order valence-electron chi connectivity index (χ0n) is 24.0. The summed E-state index contributed by atoms with van der Waals surface area (Å²) < 4.78 is 6.31. The predicted octanol–water partition coefficient (Wildman–Crippen LogP) is 4.81. The summed E-state index contributed by atoms with van der Waals surface area (Å²) in [6.45, 7) is 5.83. The fourth-order valence-corrected chi connectivity index (χ4v) is 6.02. The molecule has 41 heavy (non-hydrogen) atoms. The van der Waals surface area contributed by atoms with Gasteiger partial charge in [-0.3, -0.25) is 4.79 Å². The molecule has 1 aliphatic carbocycles. The van der Waals surface area contributed by atoms with Gasteiger partial charge in [0.25, 0.3) is 0 Å². The van der Waals surface area contributed by atoms with Crippen molar-refractivity contribution < 1.29 is 29.6 Å². The number of aliphatic hydroxyl groups excluding tert-OH is 2. The number of fused-ring (bicyclic) bond motifs is 1. The lowest BCUT2D eigenvalue weighted by Crippen LogP contribution is -2.44. The van der Waals surface area contributed by atoms with Gasteiger partial charge in [0, 0.05) is 44.5 Å². The zero-order chi connectivity index (χ0) is 29.7. The third kappa shape index (κ3) is 7.42. The van der Waals surface area contributed by atoms with E-state index in [9.17, 15) is 24.9 Å². The number of carboxylic acids is 1. The molecule has 5 atom stereocenters. The molecule has 1 heterocycles. The van der Waals surface area contributed by atoms with Crippen LogP contribution in [0.2, 0.25) is 5.02 Å². The second-order valence-electron chi connectivity index (χ2n) is 11.3. The van der Waals surface area contributed by atoms with Gasteiger partial charge in [0.15, 0.2) is 6.10 Å². The first-order valence-electron chi connectivity index (χ1n) is 14.4. The number of aliphatic hydroxyl groups is 2. The van der Waals surface area contributed by atoms with E-state index in [1.807, 2.05) is 18.2 Å². The summed E-state index contributed by atoms with van der Waals surface area (Å²) in [7, 11) is 1.72. The molecule has 1 fully saturated rings. The smallest absolute Gasteiger partial charge is 0.337 e. The number of likely N-dealkylation sites (N-methyl/N-ethyl adjacent to an activating group) is 1. The van der Waals surface area contributed by atoms with Gasteiger partial charge in [0.2, 0.25) is 5.91 Å². The van der Waals surface area contributed by atoms with Crippen LogP contribution in [0.3, 0.4) is 0 Å². The molecule has 2 aromatic carbocycles. The van der Waals surface area contributed by atoms with Crippen LogP contribution in [-0.2, 0) is 16.0 Å². The van der Waals surface area contributed by atoms with Crippen molar-refractivity contribution in [3.05, 3.63) is 70.3 Å². The highest BCUT2D eigenvalue weighted by atomic mass is 35.5. The largest absolute Gasteiger partial charge is 0.491 e. The summed E-state index contributed by atoms with van der Waals surface area (Å²) in [4.78, 5) is 26.8. The maximum atomic E-state index is 11.5. The fourth-order valence-electron chi connectivity index (χ4n) is 5.83. The first-order valence-corrected chi connectivity index (χ1v) is 14.7. The van der Waals surface area contributed by atoms with Gasteiger partial charge in [-0.15, -0.1) is 0 Å². The van der Waals surface area contributed by atoms with Crippen molar-refractivity contribution in [1.82, 2.24) is 4.90 Å². The van der Waals surface area contributed by atoms with Crippen molar-refractivity contribution in [3.8, 4) is 5.75 Å². The maximum Gasteiger partial charge on any atom is 0.337 e. The zero-order valence-corrected chi connectivity index (χ0v) is 24.8. The Morgan fingerprint density at radius 2 is 1.98 bits per heavy atom. The first kappa shape index (κ1) is 30.9. The molecule has 0 bridgehead atoms. The average Bonchev–Trinajstić information content (AvgIpc) is 3.09. The monoisotopic (exact) mass is 584 g/mol. The van der Waals surface area contributed by atoms with Crippen LogP contribution in [-0.4, -0.2) is 71.5 Å². The Hall–Kier alpha value is -3.07. The molecular formula is C32H41ClN2O6.